The highest BCUT2D eigenvalue weighted by atomic mass is 16.2. The van der Waals surface area contributed by atoms with E-state index >= 15 is 0 Å². The molecule has 6 heteroatoms. The van der Waals surface area contributed by atoms with Crippen LogP contribution in [0.1, 0.15) is 34.8 Å². The Labute approximate surface area is 122 Å². The molecule has 3 heterocycles. The Morgan fingerprint density at radius 1 is 1.33 bits per heavy atom. The Morgan fingerprint density at radius 2 is 2.10 bits per heavy atom. The first-order chi connectivity index (χ1) is 10.2. The predicted octanol–water partition coefficient (Wildman–Crippen LogP) is 1.36. The van der Waals surface area contributed by atoms with Gasteiger partial charge in [0.05, 0.1) is 6.33 Å². The summed E-state index contributed by atoms with van der Waals surface area (Å²) < 4.78 is 2.08. The standard InChI is InChI=1S/C15H18N4O2/c1-11-8-17-9-13(14(11)20)15(21)18-5-2-12(3-6-18)19-7-4-16-10-19/h4,7-10,12H,2-3,5-6H2,1H3,(H,17,20). The van der Waals surface area contributed by atoms with E-state index in [0.29, 0.717) is 24.7 Å². The number of carbonyl (C=O) groups is 1. The van der Waals surface area contributed by atoms with Gasteiger partial charge in [0.15, 0.2) is 5.43 Å². The van der Waals surface area contributed by atoms with Gasteiger partial charge in [-0.2, -0.15) is 0 Å². The third-order valence-electron chi connectivity index (χ3n) is 4.06. The molecular formula is C15H18N4O2. The van der Waals surface area contributed by atoms with Gasteiger partial charge < -0.3 is 14.5 Å². The van der Waals surface area contributed by atoms with Crippen molar-refractivity contribution in [1.29, 1.82) is 0 Å². The van der Waals surface area contributed by atoms with Crippen LogP contribution in [0.2, 0.25) is 0 Å². The number of hydrogen-bond acceptors (Lipinski definition) is 3. The third-order valence-corrected chi connectivity index (χ3v) is 4.06. The largest absolute Gasteiger partial charge is 0.366 e. The van der Waals surface area contributed by atoms with Crippen LogP contribution >= 0.6 is 0 Å². The summed E-state index contributed by atoms with van der Waals surface area (Å²) in [5.74, 6) is -0.177. The van der Waals surface area contributed by atoms with Crippen LogP contribution in [-0.4, -0.2) is 38.4 Å². The normalized spacial score (nSPS) is 16.1. The lowest BCUT2D eigenvalue weighted by molar-refractivity contribution is 0.0692. The molecule has 1 aliphatic heterocycles. The number of H-pyrrole nitrogens is 1. The number of amides is 1. The number of nitrogens with one attached hydrogen (secondary N) is 1. The van der Waals surface area contributed by atoms with Crippen LogP contribution in [0.25, 0.3) is 0 Å². The number of aromatic amines is 1. The van der Waals surface area contributed by atoms with Gasteiger partial charge in [0.2, 0.25) is 0 Å². The molecule has 3 rings (SSSR count). The molecule has 2 aromatic rings. The van der Waals surface area contributed by atoms with E-state index in [1.165, 1.54) is 6.20 Å². The molecule has 0 spiro atoms. The summed E-state index contributed by atoms with van der Waals surface area (Å²) in [6.45, 7) is 3.03. The van der Waals surface area contributed by atoms with Crippen LogP contribution in [0.3, 0.4) is 0 Å². The number of imidazole rings is 1. The number of hydrogen-bond donors (Lipinski definition) is 1. The molecule has 0 radical (unpaired) electrons. The summed E-state index contributed by atoms with van der Waals surface area (Å²) in [4.78, 5) is 33.2. The molecule has 110 valence electrons. The van der Waals surface area contributed by atoms with Crippen LogP contribution in [0.4, 0.5) is 0 Å². The van der Waals surface area contributed by atoms with E-state index in [0.717, 1.165) is 12.8 Å². The van der Waals surface area contributed by atoms with Crippen molar-refractivity contribution in [3.63, 3.8) is 0 Å². The first kappa shape index (κ1) is 13.6. The van der Waals surface area contributed by atoms with Crippen molar-refractivity contribution in [2.45, 2.75) is 25.8 Å². The first-order valence-corrected chi connectivity index (χ1v) is 7.11. The number of piperidine rings is 1. The summed E-state index contributed by atoms with van der Waals surface area (Å²) in [6.07, 6.45) is 10.4. The number of aromatic nitrogens is 3. The summed E-state index contributed by atoms with van der Waals surface area (Å²) in [7, 11) is 0. The van der Waals surface area contributed by atoms with E-state index < -0.39 is 0 Å². The molecule has 0 aliphatic carbocycles. The molecule has 1 aliphatic rings. The smallest absolute Gasteiger partial charge is 0.259 e. The molecule has 0 atom stereocenters. The highest BCUT2D eigenvalue weighted by molar-refractivity contribution is 5.94. The SMILES string of the molecule is Cc1c[nH]cc(C(=O)N2CCC(n3ccnc3)CC2)c1=O. The number of nitrogens with zero attached hydrogens (tertiary/aromatic N) is 3. The van der Waals surface area contributed by atoms with Gasteiger partial charge in [-0.05, 0) is 19.8 Å². The molecule has 21 heavy (non-hydrogen) atoms. The second-order valence-corrected chi connectivity index (χ2v) is 5.41. The van der Waals surface area contributed by atoms with Gasteiger partial charge in [-0.25, -0.2) is 4.98 Å². The molecule has 1 saturated heterocycles. The highest BCUT2D eigenvalue weighted by Gasteiger charge is 2.25. The molecule has 1 amide bonds. The predicted molar refractivity (Wildman–Crippen MR) is 78.2 cm³/mol. The highest BCUT2D eigenvalue weighted by Crippen LogP contribution is 2.22. The van der Waals surface area contributed by atoms with E-state index in [1.807, 2.05) is 12.5 Å². The van der Waals surface area contributed by atoms with E-state index in [4.69, 9.17) is 0 Å². The minimum atomic E-state index is -0.185. The van der Waals surface area contributed by atoms with Crippen LogP contribution in [0, 0.1) is 6.92 Å². The number of carbonyl (C=O) groups excluding carboxylic acids is 1. The van der Waals surface area contributed by atoms with Gasteiger partial charge in [0.25, 0.3) is 5.91 Å². The maximum atomic E-state index is 12.5. The van der Waals surface area contributed by atoms with Crippen molar-refractivity contribution in [3.8, 4) is 0 Å². The molecule has 1 N–H and O–H groups in total. The van der Waals surface area contributed by atoms with Crippen molar-refractivity contribution in [2.75, 3.05) is 13.1 Å². The van der Waals surface area contributed by atoms with E-state index in [-0.39, 0.29) is 16.9 Å². The number of likely N-dealkylation sites (tertiary alicyclic amines) is 1. The van der Waals surface area contributed by atoms with Gasteiger partial charge >= 0.3 is 0 Å². The van der Waals surface area contributed by atoms with Crippen LogP contribution < -0.4 is 5.43 Å². The molecular weight excluding hydrogens is 268 g/mol. The van der Waals surface area contributed by atoms with E-state index in [2.05, 4.69) is 14.5 Å². The Morgan fingerprint density at radius 3 is 2.76 bits per heavy atom. The summed E-state index contributed by atoms with van der Waals surface area (Å²) in [5, 5.41) is 0. The molecule has 0 saturated carbocycles. The Hall–Kier alpha value is -2.37. The lowest BCUT2D eigenvalue weighted by Crippen LogP contribution is -2.40. The third kappa shape index (κ3) is 2.61. The summed E-state index contributed by atoms with van der Waals surface area (Å²) >= 11 is 0. The molecule has 2 aromatic heterocycles. The average molecular weight is 286 g/mol. The Kier molecular flexibility index (Phi) is 3.60. The second kappa shape index (κ2) is 5.55. The van der Waals surface area contributed by atoms with Gasteiger partial charge in [0.1, 0.15) is 5.56 Å². The van der Waals surface area contributed by atoms with Crippen LogP contribution in [-0.2, 0) is 0 Å². The van der Waals surface area contributed by atoms with Crippen LogP contribution in [0.5, 0.6) is 0 Å². The topological polar surface area (TPSA) is 71.0 Å². The zero-order chi connectivity index (χ0) is 14.8. The fourth-order valence-corrected chi connectivity index (χ4v) is 2.78. The summed E-state index contributed by atoms with van der Waals surface area (Å²) in [6, 6.07) is 0.382. The average Bonchev–Trinajstić information content (AvgIpc) is 3.04. The zero-order valence-electron chi connectivity index (χ0n) is 12.0. The zero-order valence-corrected chi connectivity index (χ0v) is 12.0. The molecule has 1 fully saturated rings. The monoisotopic (exact) mass is 286 g/mol. The second-order valence-electron chi connectivity index (χ2n) is 5.41. The Bertz CT molecular complexity index is 682. The van der Waals surface area contributed by atoms with Crippen molar-refractivity contribution in [1.82, 2.24) is 19.4 Å². The number of rotatable bonds is 2. The fraction of sp³-hybridized carbons (Fsp3) is 0.400. The van der Waals surface area contributed by atoms with E-state index in [1.54, 1.807) is 24.2 Å². The van der Waals surface area contributed by atoms with Crippen molar-refractivity contribution in [3.05, 3.63) is 52.5 Å². The van der Waals surface area contributed by atoms with Gasteiger partial charge in [0, 0.05) is 49.5 Å². The summed E-state index contributed by atoms with van der Waals surface area (Å²) in [5.41, 5.74) is 0.612. The molecule has 0 aromatic carbocycles. The number of pyridine rings is 1. The minimum absolute atomic E-state index is 0.177. The maximum absolute atomic E-state index is 12.5. The Balaban J connectivity index is 1.71. The van der Waals surface area contributed by atoms with Crippen LogP contribution in [0.15, 0.2) is 35.9 Å². The van der Waals surface area contributed by atoms with Crippen molar-refractivity contribution in [2.24, 2.45) is 0 Å². The van der Waals surface area contributed by atoms with E-state index in [9.17, 15) is 9.59 Å². The molecule has 6 nitrogen and oxygen atoms in total. The lowest BCUT2D eigenvalue weighted by Gasteiger charge is -2.32. The van der Waals surface area contributed by atoms with Crippen molar-refractivity contribution >= 4 is 5.91 Å². The molecule has 0 bridgehead atoms. The fourth-order valence-electron chi connectivity index (χ4n) is 2.78. The van der Waals surface area contributed by atoms with Crippen molar-refractivity contribution < 1.29 is 4.79 Å². The minimum Gasteiger partial charge on any atom is -0.366 e. The van der Waals surface area contributed by atoms with Gasteiger partial charge in [-0.15, -0.1) is 0 Å². The van der Waals surface area contributed by atoms with Gasteiger partial charge in [-0.1, -0.05) is 0 Å². The van der Waals surface area contributed by atoms with Gasteiger partial charge in [-0.3, -0.25) is 9.59 Å². The first-order valence-electron chi connectivity index (χ1n) is 7.11. The molecule has 0 unspecified atom stereocenters. The number of aryl methyl sites for hydroxylation is 1. The quantitative estimate of drug-likeness (QED) is 0.906. The maximum Gasteiger partial charge on any atom is 0.259 e. The lowest BCUT2D eigenvalue weighted by atomic mass is 10.0.